The van der Waals surface area contributed by atoms with E-state index in [1.807, 2.05) is 18.2 Å². The molecule has 0 unspecified atom stereocenters. The van der Waals surface area contributed by atoms with Crippen LogP contribution in [0, 0.1) is 0 Å². The molecule has 0 spiro atoms. The van der Waals surface area contributed by atoms with E-state index in [4.69, 9.17) is 16.3 Å². The van der Waals surface area contributed by atoms with E-state index < -0.39 is 0 Å². The summed E-state index contributed by atoms with van der Waals surface area (Å²) < 4.78 is 5.12. The van der Waals surface area contributed by atoms with Crippen LogP contribution in [0.2, 0.25) is 5.02 Å². The van der Waals surface area contributed by atoms with Crippen molar-refractivity contribution in [3.05, 3.63) is 53.3 Å². The van der Waals surface area contributed by atoms with Crippen molar-refractivity contribution in [1.82, 2.24) is 15.3 Å². The summed E-state index contributed by atoms with van der Waals surface area (Å²) in [5.41, 5.74) is 0.855. The Morgan fingerprint density at radius 1 is 1.21 bits per heavy atom. The zero-order chi connectivity index (χ0) is 13.5. The number of nitrogens with zero attached hydrogens (tertiary/aromatic N) is 2. The molecule has 0 radical (unpaired) electrons. The van der Waals surface area contributed by atoms with Gasteiger partial charge in [0.05, 0.1) is 0 Å². The van der Waals surface area contributed by atoms with Crippen LogP contribution in [0.3, 0.4) is 0 Å². The Morgan fingerprint density at radius 2 is 1.95 bits per heavy atom. The average molecular weight is 278 g/mol. The van der Waals surface area contributed by atoms with Crippen molar-refractivity contribution in [3.8, 4) is 6.01 Å². The average Bonchev–Trinajstić information content (AvgIpc) is 2.45. The van der Waals surface area contributed by atoms with Crippen LogP contribution in [-0.4, -0.2) is 22.5 Å². The summed E-state index contributed by atoms with van der Waals surface area (Å²) in [6.07, 6.45) is 3.09. The summed E-state index contributed by atoms with van der Waals surface area (Å²) in [7, 11) is 0. The highest BCUT2D eigenvalue weighted by molar-refractivity contribution is 6.31. The topological polar surface area (TPSA) is 64.1 Å². The van der Waals surface area contributed by atoms with Crippen molar-refractivity contribution in [3.63, 3.8) is 0 Å². The summed E-state index contributed by atoms with van der Waals surface area (Å²) in [5, 5.41) is 3.33. The molecule has 0 aliphatic heterocycles. The standard InChI is InChI=1S/C13H12ClN3O2/c14-11-5-2-1-4-10(11)8-17-12(18)9-19-13-15-6-3-7-16-13/h1-7H,8-9H2,(H,17,18). The Labute approximate surface area is 115 Å². The summed E-state index contributed by atoms with van der Waals surface area (Å²) in [6, 6.07) is 9.17. The summed E-state index contributed by atoms with van der Waals surface area (Å²) in [4.78, 5) is 19.3. The van der Waals surface area contributed by atoms with Crippen LogP contribution in [0.15, 0.2) is 42.7 Å². The molecule has 5 nitrogen and oxygen atoms in total. The summed E-state index contributed by atoms with van der Waals surface area (Å²) in [5.74, 6) is -0.257. The van der Waals surface area contributed by atoms with Crippen molar-refractivity contribution in [2.45, 2.75) is 6.54 Å². The summed E-state index contributed by atoms with van der Waals surface area (Å²) in [6.45, 7) is 0.228. The van der Waals surface area contributed by atoms with Gasteiger partial charge in [0.25, 0.3) is 5.91 Å². The van der Waals surface area contributed by atoms with Crippen molar-refractivity contribution < 1.29 is 9.53 Å². The first-order valence-corrected chi connectivity index (χ1v) is 6.03. The smallest absolute Gasteiger partial charge is 0.316 e. The van der Waals surface area contributed by atoms with Gasteiger partial charge in [-0.05, 0) is 17.7 Å². The number of carbonyl (C=O) groups is 1. The molecule has 1 aromatic heterocycles. The van der Waals surface area contributed by atoms with Gasteiger partial charge in [-0.1, -0.05) is 29.8 Å². The highest BCUT2D eigenvalue weighted by Gasteiger charge is 2.05. The molecular formula is C13H12ClN3O2. The Hall–Kier alpha value is -2.14. The lowest BCUT2D eigenvalue weighted by molar-refractivity contribution is -0.123. The molecule has 98 valence electrons. The van der Waals surface area contributed by atoms with Crippen LogP contribution in [0.1, 0.15) is 5.56 Å². The number of rotatable bonds is 5. The third kappa shape index (κ3) is 4.22. The fourth-order valence-electron chi connectivity index (χ4n) is 1.38. The van der Waals surface area contributed by atoms with E-state index in [1.165, 1.54) is 0 Å². The van der Waals surface area contributed by atoms with E-state index >= 15 is 0 Å². The Kier molecular flexibility index (Phi) is 4.69. The van der Waals surface area contributed by atoms with E-state index in [0.717, 1.165) is 5.56 Å². The third-order valence-electron chi connectivity index (χ3n) is 2.31. The molecule has 2 rings (SSSR count). The number of aromatic nitrogens is 2. The van der Waals surface area contributed by atoms with Crippen LogP contribution < -0.4 is 10.1 Å². The lowest BCUT2D eigenvalue weighted by Gasteiger charge is -2.07. The van der Waals surface area contributed by atoms with Gasteiger partial charge in [-0.3, -0.25) is 4.79 Å². The second kappa shape index (κ2) is 6.70. The first-order chi connectivity index (χ1) is 9.25. The predicted molar refractivity (Wildman–Crippen MR) is 70.8 cm³/mol. The number of ether oxygens (including phenoxy) is 1. The molecular weight excluding hydrogens is 266 g/mol. The molecule has 0 aliphatic rings. The van der Waals surface area contributed by atoms with Gasteiger partial charge in [0.15, 0.2) is 6.61 Å². The Morgan fingerprint density at radius 3 is 2.68 bits per heavy atom. The maximum Gasteiger partial charge on any atom is 0.316 e. The van der Waals surface area contributed by atoms with Gasteiger partial charge in [-0.2, -0.15) is 0 Å². The SMILES string of the molecule is O=C(COc1ncccn1)NCc1ccccc1Cl. The highest BCUT2D eigenvalue weighted by atomic mass is 35.5. The van der Waals surface area contributed by atoms with Gasteiger partial charge in [-0.25, -0.2) is 9.97 Å². The van der Waals surface area contributed by atoms with E-state index in [0.29, 0.717) is 11.6 Å². The van der Waals surface area contributed by atoms with Gasteiger partial charge in [-0.15, -0.1) is 0 Å². The van der Waals surface area contributed by atoms with E-state index in [1.54, 1.807) is 24.5 Å². The molecule has 1 heterocycles. The number of carbonyl (C=O) groups excluding carboxylic acids is 1. The zero-order valence-corrected chi connectivity index (χ0v) is 10.8. The normalized spacial score (nSPS) is 9.95. The minimum Gasteiger partial charge on any atom is -0.453 e. The molecule has 0 saturated heterocycles. The van der Waals surface area contributed by atoms with Crippen molar-refractivity contribution in [1.29, 1.82) is 0 Å². The van der Waals surface area contributed by atoms with Crippen LogP contribution in [0.4, 0.5) is 0 Å². The molecule has 0 saturated carbocycles. The van der Waals surface area contributed by atoms with Gasteiger partial charge in [0.2, 0.25) is 0 Å². The number of hydrogen-bond donors (Lipinski definition) is 1. The van der Waals surface area contributed by atoms with Crippen LogP contribution in [0.25, 0.3) is 0 Å². The van der Waals surface area contributed by atoms with E-state index in [-0.39, 0.29) is 18.5 Å². The second-order valence-corrected chi connectivity index (χ2v) is 4.10. The number of halogens is 1. The van der Waals surface area contributed by atoms with Gasteiger partial charge in [0, 0.05) is 24.0 Å². The number of hydrogen-bond acceptors (Lipinski definition) is 4. The molecule has 19 heavy (non-hydrogen) atoms. The molecule has 6 heteroatoms. The first-order valence-electron chi connectivity index (χ1n) is 5.65. The van der Waals surface area contributed by atoms with Crippen LogP contribution in [0.5, 0.6) is 6.01 Å². The molecule has 0 fully saturated rings. The molecule has 0 aliphatic carbocycles. The van der Waals surface area contributed by atoms with Crippen LogP contribution >= 0.6 is 11.6 Å². The van der Waals surface area contributed by atoms with E-state index in [2.05, 4.69) is 15.3 Å². The molecule has 2 aromatic rings. The lowest BCUT2D eigenvalue weighted by atomic mass is 10.2. The second-order valence-electron chi connectivity index (χ2n) is 3.69. The zero-order valence-electron chi connectivity index (χ0n) is 10.0. The number of amides is 1. The van der Waals surface area contributed by atoms with E-state index in [9.17, 15) is 4.79 Å². The van der Waals surface area contributed by atoms with Crippen molar-refractivity contribution in [2.75, 3.05) is 6.61 Å². The Balaban J connectivity index is 1.78. The Bertz CT molecular complexity index is 549. The molecule has 1 aromatic carbocycles. The van der Waals surface area contributed by atoms with Gasteiger partial charge < -0.3 is 10.1 Å². The third-order valence-corrected chi connectivity index (χ3v) is 2.68. The monoisotopic (exact) mass is 277 g/mol. The van der Waals surface area contributed by atoms with Crippen molar-refractivity contribution in [2.24, 2.45) is 0 Å². The first kappa shape index (κ1) is 13.3. The fourth-order valence-corrected chi connectivity index (χ4v) is 1.58. The maximum absolute atomic E-state index is 11.6. The molecule has 1 amide bonds. The fraction of sp³-hybridized carbons (Fsp3) is 0.154. The molecule has 0 bridgehead atoms. The maximum atomic E-state index is 11.6. The van der Waals surface area contributed by atoms with Crippen molar-refractivity contribution >= 4 is 17.5 Å². The summed E-state index contributed by atoms with van der Waals surface area (Å²) >= 11 is 5.98. The quantitative estimate of drug-likeness (QED) is 0.905. The molecule has 1 N–H and O–H groups in total. The number of nitrogens with one attached hydrogen (secondary N) is 1. The minimum atomic E-state index is -0.257. The highest BCUT2D eigenvalue weighted by Crippen LogP contribution is 2.14. The van der Waals surface area contributed by atoms with Gasteiger partial charge >= 0.3 is 6.01 Å². The van der Waals surface area contributed by atoms with Gasteiger partial charge in [0.1, 0.15) is 0 Å². The molecule has 0 atom stereocenters. The van der Waals surface area contributed by atoms with Crippen LogP contribution in [-0.2, 0) is 11.3 Å². The minimum absolute atomic E-state index is 0.130. The predicted octanol–water partition coefficient (Wildman–Crippen LogP) is 1.83. The number of benzene rings is 1. The lowest BCUT2D eigenvalue weighted by Crippen LogP contribution is -2.28. The largest absolute Gasteiger partial charge is 0.453 e.